The Balaban J connectivity index is 1.78. The van der Waals surface area contributed by atoms with E-state index in [9.17, 15) is 4.79 Å². The number of amides is 1. The molecule has 2 rings (SSSR count). The molecule has 0 fully saturated rings. The van der Waals surface area contributed by atoms with Crippen LogP contribution in [0.15, 0.2) is 53.4 Å². The lowest BCUT2D eigenvalue weighted by atomic mass is 10.2. The molecule has 0 saturated carbocycles. The highest BCUT2D eigenvalue weighted by atomic mass is 35.5. The lowest BCUT2D eigenvalue weighted by Crippen LogP contribution is -2.21. The van der Waals surface area contributed by atoms with Crippen LogP contribution in [0.4, 0.5) is 11.4 Å². The molecule has 0 heterocycles. The zero-order chi connectivity index (χ0) is 17.4. The summed E-state index contributed by atoms with van der Waals surface area (Å²) < 4.78 is 0. The average molecular weight is 363 g/mol. The molecule has 0 bridgehead atoms. The monoisotopic (exact) mass is 362 g/mol. The summed E-state index contributed by atoms with van der Waals surface area (Å²) in [4.78, 5) is 15.4. The van der Waals surface area contributed by atoms with Crippen LogP contribution in [0.1, 0.15) is 20.3 Å². The van der Waals surface area contributed by atoms with E-state index in [-0.39, 0.29) is 5.91 Å². The summed E-state index contributed by atoms with van der Waals surface area (Å²) >= 11 is 7.51. The molecule has 2 aromatic rings. The average Bonchev–Trinajstić information content (AvgIpc) is 2.59. The predicted molar refractivity (Wildman–Crippen MR) is 105 cm³/mol. The summed E-state index contributed by atoms with van der Waals surface area (Å²) in [6, 6.07) is 15.7. The molecule has 5 heteroatoms. The molecule has 1 amide bonds. The Labute approximate surface area is 153 Å². The Kier molecular flexibility index (Phi) is 7.47. The van der Waals surface area contributed by atoms with Crippen LogP contribution in [-0.2, 0) is 4.79 Å². The molecule has 2 aromatic carbocycles. The number of hydrogen-bond acceptors (Lipinski definition) is 3. The van der Waals surface area contributed by atoms with Gasteiger partial charge in [0.2, 0.25) is 5.91 Å². The number of nitrogens with zero attached hydrogens (tertiary/aromatic N) is 1. The Bertz CT molecular complexity index is 639. The molecule has 0 aromatic heterocycles. The quantitative estimate of drug-likeness (QED) is 0.646. The van der Waals surface area contributed by atoms with E-state index in [4.69, 9.17) is 11.6 Å². The van der Waals surface area contributed by atoms with E-state index in [2.05, 4.69) is 24.1 Å². The summed E-state index contributed by atoms with van der Waals surface area (Å²) in [5, 5.41) is 3.67. The molecule has 1 N–H and O–H groups in total. The van der Waals surface area contributed by atoms with Gasteiger partial charge in [0.15, 0.2) is 0 Å². The molecule has 24 heavy (non-hydrogen) atoms. The Hall–Kier alpha value is -1.65. The summed E-state index contributed by atoms with van der Waals surface area (Å²) in [7, 11) is 0. The number of rotatable bonds is 8. The molecular weight excluding hydrogens is 340 g/mol. The molecule has 128 valence electrons. The molecule has 0 aliphatic rings. The highest BCUT2D eigenvalue weighted by Gasteiger charge is 2.05. The Morgan fingerprint density at radius 2 is 1.67 bits per heavy atom. The molecular formula is C19H23ClN2OS. The number of halogens is 1. The van der Waals surface area contributed by atoms with Crippen LogP contribution < -0.4 is 10.2 Å². The number of hydrogen-bond donors (Lipinski definition) is 1. The van der Waals surface area contributed by atoms with Crippen molar-refractivity contribution in [2.75, 3.05) is 29.1 Å². The fourth-order valence-corrected chi connectivity index (χ4v) is 3.34. The number of benzene rings is 2. The fourth-order valence-electron chi connectivity index (χ4n) is 2.36. The number of anilines is 2. The van der Waals surface area contributed by atoms with E-state index < -0.39 is 0 Å². The topological polar surface area (TPSA) is 32.3 Å². The van der Waals surface area contributed by atoms with Gasteiger partial charge in [-0.15, -0.1) is 11.8 Å². The molecule has 0 atom stereocenters. The largest absolute Gasteiger partial charge is 0.372 e. The third-order valence-corrected chi connectivity index (χ3v) is 4.96. The van der Waals surface area contributed by atoms with Gasteiger partial charge in [-0.1, -0.05) is 11.6 Å². The molecule has 0 aliphatic carbocycles. The van der Waals surface area contributed by atoms with Crippen molar-refractivity contribution in [1.82, 2.24) is 0 Å². The highest BCUT2D eigenvalue weighted by Crippen LogP contribution is 2.21. The number of nitrogens with one attached hydrogen (secondary N) is 1. The van der Waals surface area contributed by atoms with E-state index in [0.717, 1.165) is 34.4 Å². The maximum absolute atomic E-state index is 12.0. The lowest BCUT2D eigenvalue weighted by molar-refractivity contribution is -0.115. The van der Waals surface area contributed by atoms with Crippen molar-refractivity contribution in [2.45, 2.75) is 25.2 Å². The number of carbonyl (C=O) groups excluding carboxylic acids is 1. The van der Waals surface area contributed by atoms with E-state index >= 15 is 0 Å². The minimum atomic E-state index is 0.0343. The number of carbonyl (C=O) groups is 1. The van der Waals surface area contributed by atoms with Crippen LogP contribution in [0.2, 0.25) is 5.02 Å². The molecule has 0 saturated heterocycles. The summed E-state index contributed by atoms with van der Waals surface area (Å²) in [6.45, 7) is 6.23. The van der Waals surface area contributed by atoms with Crippen molar-refractivity contribution in [1.29, 1.82) is 0 Å². The smallest absolute Gasteiger partial charge is 0.225 e. The van der Waals surface area contributed by atoms with Gasteiger partial charge in [0, 0.05) is 46.6 Å². The summed E-state index contributed by atoms with van der Waals surface area (Å²) in [6.07, 6.45) is 0.477. The zero-order valence-electron chi connectivity index (χ0n) is 14.1. The van der Waals surface area contributed by atoms with Crippen LogP contribution in [-0.4, -0.2) is 24.7 Å². The van der Waals surface area contributed by atoms with E-state index in [0.29, 0.717) is 6.42 Å². The Morgan fingerprint density at radius 1 is 1.04 bits per heavy atom. The van der Waals surface area contributed by atoms with Crippen LogP contribution in [0, 0.1) is 0 Å². The van der Waals surface area contributed by atoms with Gasteiger partial charge in [-0.2, -0.15) is 0 Å². The minimum absolute atomic E-state index is 0.0343. The second-order valence-electron chi connectivity index (χ2n) is 5.32. The van der Waals surface area contributed by atoms with Gasteiger partial charge < -0.3 is 10.2 Å². The maximum Gasteiger partial charge on any atom is 0.225 e. The summed E-state index contributed by atoms with van der Waals surface area (Å²) in [5.74, 6) is 0.775. The highest BCUT2D eigenvalue weighted by molar-refractivity contribution is 7.99. The normalized spacial score (nSPS) is 10.5. The van der Waals surface area contributed by atoms with Gasteiger partial charge in [0.1, 0.15) is 0 Å². The first-order valence-corrected chi connectivity index (χ1v) is 9.52. The Morgan fingerprint density at radius 3 is 2.25 bits per heavy atom. The van der Waals surface area contributed by atoms with Crippen LogP contribution in [0.5, 0.6) is 0 Å². The first kappa shape index (κ1) is 18.7. The van der Waals surface area contributed by atoms with E-state index in [1.54, 1.807) is 11.8 Å². The van der Waals surface area contributed by atoms with Gasteiger partial charge in [-0.3, -0.25) is 4.79 Å². The first-order chi connectivity index (χ1) is 11.6. The van der Waals surface area contributed by atoms with Gasteiger partial charge in [0.25, 0.3) is 0 Å². The fraction of sp³-hybridized carbons (Fsp3) is 0.316. The number of thioether (sulfide) groups is 1. The third kappa shape index (κ3) is 5.77. The zero-order valence-corrected chi connectivity index (χ0v) is 15.7. The van der Waals surface area contributed by atoms with Crippen molar-refractivity contribution >= 4 is 40.6 Å². The molecule has 0 unspecified atom stereocenters. The SMILES string of the molecule is CCN(CC)c1ccc(NC(=O)CCSc2ccc(Cl)cc2)cc1. The predicted octanol–water partition coefficient (Wildman–Crippen LogP) is 5.31. The van der Waals surface area contributed by atoms with Gasteiger partial charge in [-0.25, -0.2) is 0 Å². The van der Waals surface area contributed by atoms with Crippen LogP contribution >= 0.6 is 23.4 Å². The second-order valence-corrected chi connectivity index (χ2v) is 6.92. The van der Waals surface area contributed by atoms with E-state index in [1.165, 1.54) is 5.69 Å². The minimum Gasteiger partial charge on any atom is -0.372 e. The molecule has 0 radical (unpaired) electrons. The van der Waals surface area contributed by atoms with Crippen molar-refractivity contribution in [3.63, 3.8) is 0 Å². The third-order valence-electron chi connectivity index (χ3n) is 3.69. The maximum atomic E-state index is 12.0. The second kappa shape index (κ2) is 9.60. The van der Waals surface area contributed by atoms with Crippen molar-refractivity contribution < 1.29 is 4.79 Å². The van der Waals surface area contributed by atoms with Gasteiger partial charge in [-0.05, 0) is 62.4 Å². The first-order valence-electron chi connectivity index (χ1n) is 8.15. The molecule has 0 spiro atoms. The van der Waals surface area contributed by atoms with Crippen LogP contribution in [0.25, 0.3) is 0 Å². The standard InChI is InChI=1S/C19H23ClN2OS/c1-3-22(4-2)17-9-7-16(8-10-17)21-19(23)13-14-24-18-11-5-15(20)6-12-18/h5-12H,3-4,13-14H2,1-2H3,(H,21,23). The van der Waals surface area contributed by atoms with Crippen LogP contribution in [0.3, 0.4) is 0 Å². The van der Waals surface area contributed by atoms with Gasteiger partial charge in [0.05, 0.1) is 0 Å². The van der Waals surface area contributed by atoms with Crippen molar-refractivity contribution in [3.8, 4) is 0 Å². The van der Waals surface area contributed by atoms with Gasteiger partial charge >= 0.3 is 0 Å². The van der Waals surface area contributed by atoms with Crippen molar-refractivity contribution in [2.24, 2.45) is 0 Å². The van der Waals surface area contributed by atoms with E-state index in [1.807, 2.05) is 48.5 Å². The van der Waals surface area contributed by atoms with Crippen molar-refractivity contribution in [3.05, 3.63) is 53.6 Å². The molecule has 3 nitrogen and oxygen atoms in total. The molecule has 0 aliphatic heterocycles. The summed E-state index contributed by atoms with van der Waals surface area (Å²) in [5.41, 5.74) is 2.02. The lowest BCUT2D eigenvalue weighted by Gasteiger charge is -2.21.